The molecule has 1 N–H and O–H groups in total. The highest BCUT2D eigenvalue weighted by Crippen LogP contribution is 2.18. The number of rotatable bonds is 6. The molecule has 5 nitrogen and oxygen atoms in total. The van der Waals surface area contributed by atoms with E-state index in [1.165, 1.54) is 17.5 Å². The van der Waals surface area contributed by atoms with Crippen molar-refractivity contribution in [3.05, 3.63) is 28.7 Å². The summed E-state index contributed by atoms with van der Waals surface area (Å²) >= 11 is 0. The molecule has 2 heterocycles. The van der Waals surface area contributed by atoms with Crippen LogP contribution in [-0.2, 0) is 7.05 Å². The molecule has 0 bridgehead atoms. The first-order valence-electron chi connectivity index (χ1n) is 8.26. The van der Waals surface area contributed by atoms with Crippen molar-refractivity contribution in [3.8, 4) is 0 Å². The molecule has 2 aromatic heterocycles. The molecule has 0 aliphatic carbocycles. The predicted octanol–water partition coefficient (Wildman–Crippen LogP) is 3.74. The number of hydrogen-bond donors (Lipinski definition) is 1. The third-order valence-electron chi connectivity index (χ3n) is 3.55. The van der Waals surface area contributed by atoms with Gasteiger partial charge in [-0.1, -0.05) is 40.5 Å². The van der Waals surface area contributed by atoms with Gasteiger partial charge in [-0.05, 0) is 25.0 Å². The number of aromatic nitrogens is 3. The highest BCUT2D eigenvalue weighted by Gasteiger charge is 2.13. The SMILES string of the molecule is CC.CCCCC(CC)Nc1nn(C)c(=O)c2cccnc12. The Bertz CT molecular complexity index is 636. The van der Waals surface area contributed by atoms with E-state index in [9.17, 15) is 4.79 Å². The van der Waals surface area contributed by atoms with Gasteiger partial charge in [0.2, 0.25) is 0 Å². The summed E-state index contributed by atoms with van der Waals surface area (Å²) in [4.78, 5) is 16.4. The van der Waals surface area contributed by atoms with Crippen LogP contribution < -0.4 is 10.9 Å². The van der Waals surface area contributed by atoms with Gasteiger partial charge in [-0.3, -0.25) is 9.78 Å². The molecule has 0 fully saturated rings. The van der Waals surface area contributed by atoms with Crippen molar-refractivity contribution in [2.24, 2.45) is 7.05 Å². The highest BCUT2D eigenvalue weighted by molar-refractivity contribution is 5.86. The van der Waals surface area contributed by atoms with Gasteiger partial charge >= 0.3 is 0 Å². The molecule has 5 heteroatoms. The van der Waals surface area contributed by atoms with Crippen LogP contribution in [0.4, 0.5) is 5.82 Å². The molecule has 0 aliphatic heterocycles. The lowest BCUT2D eigenvalue weighted by molar-refractivity contribution is 0.587. The Morgan fingerprint density at radius 2 is 2.05 bits per heavy atom. The normalized spacial score (nSPS) is 11.7. The van der Waals surface area contributed by atoms with Crippen LogP contribution in [0.25, 0.3) is 10.9 Å². The summed E-state index contributed by atoms with van der Waals surface area (Å²) in [5, 5.41) is 8.38. The highest BCUT2D eigenvalue weighted by atomic mass is 16.1. The smallest absolute Gasteiger partial charge is 0.276 e. The Labute approximate surface area is 132 Å². The quantitative estimate of drug-likeness (QED) is 0.883. The van der Waals surface area contributed by atoms with E-state index in [0.29, 0.717) is 22.8 Å². The van der Waals surface area contributed by atoms with E-state index < -0.39 is 0 Å². The molecule has 0 aliphatic rings. The summed E-state index contributed by atoms with van der Waals surface area (Å²) in [6.45, 7) is 8.35. The van der Waals surface area contributed by atoms with Gasteiger partial charge in [-0.2, -0.15) is 5.10 Å². The summed E-state index contributed by atoms with van der Waals surface area (Å²) in [6, 6.07) is 3.94. The Morgan fingerprint density at radius 3 is 2.68 bits per heavy atom. The Morgan fingerprint density at radius 1 is 1.32 bits per heavy atom. The number of pyridine rings is 1. The average Bonchev–Trinajstić information content (AvgIpc) is 2.57. The molecule has 1 atom stereocenters. The monoisotopic (exact) mass is 304 g/mol. The van der Waals surface area contributed by atoms with Gasteiger partial charge in [-0.15, -0.1) is 0 Å². The van der Waals surface area contributed by atoms with Crippen molar-refractivity contribution in [2.75, 3.05) is 5.32 Å². The van der Waals surface area contributed by atoms with Crippen LogP contribution in [0.2, 0.25) is 0 Å². The molecule has 0 aromatic carbocycles. The predicted molar refractivity (Wildman–Crippen MR) is 93.4 cm³/mol. The Balaban J connectivity index is 0.00000116. The fraction of sp³-hybridized carbons (Fsp3) is 0.588. The summed E-state index contributed by atoms with van der Waals surface area (Å²) in [7, 11) is 1.67. The van der Waals surface area contributed by atoms with Gasteiger partial charge in [0.15, 0.2) is 5.82 Å². The largest absolute Gasteiger partial charge is 0.364 e. The van der Waals surface area contributed by atoms with E-state index in [-0.39, 0.29) is 5.56 Å². The van der Waals surface area contributed by atoms with Crippen LogP contribution in [0.3, 0.4) is 0 Å². The number of unbranched alkanes of at least 4 members (excludes halogenated alkanes) is 1. The van der Waals surface area contributed by atoms with E-state index in [2.05, 4.69) is 29.2 Å². The van der Waals surface area contributed by atoms with Gasteiger partial charge in [-0.25, -0.2) is 4.68 Å². The molecular weight excluding hydrogens is 276 g/mol. The van der Waals surface area contributed by atoms with Crippen molar-refractivity contribution in [1.29, 1.82) is 0 Å². The van der Waals surface area contributed by atoms with Gasteiger partial charge in [0, 0.05) is 19.3 Å². The summed E-state index contributed by atoms with van der Waals surface area (Å²) in [5.41, 5.74) is 0.547. The minimum Gasteiger partial charge on any atom is -0.364 e. The Kier molecular flexibility index (Phi) is 7.57. The molecule has 122 valence electrons. The van der Waals surface area contributed by atoms with Gasteiger partial charge in [0.1, 0.15) is 5.52 Å². The second-order valence-corrected chi connectivity index (χ2v) is 5.07. The number of aryl methyl sites for hydroxylation is 1. The molecular formula is C17H28N4O. The fourth-order valence-electron chi connectivity index (χ4n) is 2.30. The number of nitrogens with zero attached hydrogens (tertiary/aromatic N) is 3. The topological polar surface area (TPSA) is 59.8 Å². The molecule has 0 amide bonds. The first-order valence-corrected chi connectivity index (χ1v) is 8.26. The van der Waals surface area contributed by atoms with Crippen molar-refractivity contribution in [3.63, 3.8) is 0 Å². The average molecular weight is 304 g/mol. The van der Waals surface area contributed by atoms with Gasteiger partial charge in [0.25, 0.3) is 5.56 Å². The van der Waals surface area contributed by atoms with Gasteiger partial charge in [0.05, 0.1) is 5.39 Å². The molecule has 2 aromatic rings. The number of anilines is 1. The molecule has 2 rings (SSSR count). The zero-order valence-electron chi connectivity index (χ0n) is 14.4. The summed E-state index contributed by atoms with van der Waals surface area (Å²) in [5.74, 6) is 0.700. The van der Waals surface area contributed by atoms with E-state index in [0.717, 1.165) is 12.8 Å². The zero-order chi connectivity index (χ0) is 16.5. The van der Waals surface area contributed by atoms with Crippen molar-refractivity contribution >= 4 is 16.7 Å². The van der Waals surface area contributed by atoms with Crippen LogP contribution in [0, 0.1) is 0 Å². The first-order chi connectivity index (χ1) is 10.7. The molecule has 0 saturated carbocycles. The number of hydrogen-bond acceptors (Lipinski definition) is 4. The second-order valence-electron chi connectivity index (χ2n) is 5.07. The van der Waals surface area contributed by atoms with E-state index in [1.54, 1.807) is 25.4 Å². The minimum absolute atomic E-state index is 0.111. The lowest BCUT2D eigenvalue weighted by Gasteiger charge is -2.18. The lowest BCUT2D eigenvalue weighted by atomic mass is 10.1. The molecule has 22 heavy (non-hydrogen) atoms. The van der Waals surface area contributed by atoms with Gasteiger partial charge < -0.3 is 5.32 Å². The third-order valence-corrected chi connectivity index (χ3v) is 3.55. The van der Waals surface area contributed by atoms with Crippen LogP contribution in [0.15, 0.2) is 23.1 Å². The number of nitrogens with one attached hydrogen (secondary N) is 1. The maximum absolute atomic E-state index is 12.0. The van der Waals surface area contributed by atoms with Crippen LogP contribution >= 0.6 is 0 Å². The van der Waals surface area contributed by atoms with Crippen molar-refractivity contribution in [2.45, 2.75) is 59.4 Å². The third kappa shape index (κ3) is 4.29. The van der Waals surface area contributed by atoms with Crippen LogP contribution in [-0.4, -0.2) is 20.8 Å². The molecule has 1 unspecified atom stereocenters. The molecule has 0 spiro atoms. The van der Waals surface area contributed by atoms with Crippen molar-refractivity contribution in [1.82, 2.24) is 14.8 Å². The number of fused-ring (bicyclic) bond motifs is 1. The zero-order valence-corrected chi connectivity index (χ0v) is 14.4. The minimum atomic E-state index is -0.111. The van der Waals surface area contributed by atoms with Crippen LogP contribution in [0.5, 0.6) is 0 Å². The Hall–Kier alpha value is -1.91. The van der Waals surface area contributed by atoms with E-state index in [4.69, 9.17) is 0 Å². The second kappa shape index (κ2) is 9.18. The van der Waals surface area contributed by atoms with E-state index >= 15 is 0 Å². The fourth-order valence-corrected chi connectivity index (χ4v) is 2.30. The van der Waals surface area contributed by atoms with Crippen molar-refractivity contribution < 1.29 is 0 Å². The standard InChI is InChI=1S/C15H22N4O.C2H6/c1-4-6-8-11(5-2)17-14-13-12(9-7-10-16-13)15(20)19(3)18-14;1-2/h7,9-11H,4-6,8H2,1-3H3,(H,17,18);1-2H3. The maximum Gasteiger partial charge on any atom is 0.276 e. The summed E-state index contributed by atoms with van der Waals surface area (Å²) < 4.78 is 1.37. The lowest BCUT2D eigenvalue weighted by Crippen LogP contribution is -2.25. The molecule has 0 saturated heterocycles. The maximum atomic E-state index is 12.0. The molecule has 0 radical (unpaired) electrons. The first kappa shape index (κ1) is 18.1. The van der Waals surface area contributed by atoms with Crippen LogP contribution in [0.1, 0.15) is 53.4 Å². The summed E-state index contributed by atoms with van der Waals surface area (Å²) in [6.07, 6.45) is 6.19. The van der Waals surface area contributed by atoms with E-state index in [1.807, 2.05) is 13.8 Å².